The summed E-state index contributed by atoms with van der Waals surface area (Å²) in [4.78, 5) is 28.4. The van der Waals surface area contributed by atoms with Gasteiger partial charge >= 0.3 is 5.69 Å². The number of nitrogens with zero attached hydrogens (tertiary/aromatic N) is 4. The number of hydrogen-bond acceptors (Lipinski definition) is 4. The van der Waals surface area contributed by atoms with Gasteiger partial charge in [-0.2, -0.15) is 0 Å². The molecule has 2 aromatic heterocycles. The van der Waals surface area contributed by atoms with Crippen molar-refractivity contribution in [1.82, 2.24) is 18.7 Å². The summed E-state index contributed by atoms with van der Waals surface area (Å²) in [6.45, 7) is 0. The van der Waals surface area contributed by atoms with Crippen LogP contribution >= 0.6 is 0 Å². The van der Waals surface area contributed by atoms with Gasteiger partial charge < -0.3 is 9.67 Å². The maximum absolute atomic E-state index is 12.3. The highest BCUT2D eigenvalue weighted by atomic mass is 16.3. The van der Waals surface area contributed by atoms with E-state index in [9.17, 15) is 14.7 Å². The number of aromatic nitrogens is 4. The topological polar surface area (TPSA) is 82.0 Å². The van der Waals surface area contributed by atoms with Gasteiger partial charge in [-0.25, -0.2) is 9.78 Å². The van der Waals surface area contributed by atoms with E-state index in [4.69, 9.17) is 0 Å². The second-order valence-electron chi connectivity index (χ2n) is 5.45. The molecule has 1 saturated carbocycles. The van der Waals surface area contributed by atoms with Gasteiger partial charge in [-0.1, -0.05) is 12.8 Å². The van der Waals surface area contributed by atoms with Crippen molar-refractivity contribution in [3.05, 3.63) is 27.2 Å². The molecule has 2 heterocycles. The first-order valence-corrected chi connectivity index (χ1v) is 6.83. The third-order valence-corrected chi connectivity index (χ3v) is 4.22. The molecule has 1 aliphatic rings. The third kappa shape index (κ3) is 1.73. The maximum atomic E-state index is 12.3. The van der Waals surface area contributed by atoms with Crippen LogP contribution < -0.4 is 11.2 Å². The first-order chi connectivity index (χ1) is 9.52. The van der Waals surface area contributed by atoms with Crippen LogP contribution in [0.4, 0.5) is 0 Å². The van der Waals surface area contributed by atoms with Gasteiger partial charge in [0.25, 0.3) is 5.56 Å². The minimum absolute atomic E-state index is 0.140. The quantitative estimate of drug-likeness (QED) is 0.790. The van der Waals surface area contributed by atoms with E-state index in [1.54, 1.807) is 17.9 Å². The lowest BCUT2D eigenvalue weighted by atomic mass is 9.92. The molecule has 0 amide bonds. The molecule has 0 aliphatic heterocycles. The molecule has 1 aliphatic carbocycles. The van der Waals surface area contributed by atoms with E-state index >= 15 is 0 Å². The SMILES string of the molecule is Cn1c(=O)c2c(ncn2C2CCCCC2O)n(C)c1=O. The zero-order chi connectivity index (χ0) is 14.4. The zero-order valence-corrected chi connectivity index (χ0v) is 11.6. The van der Waals surface area contributed by atoms with Gasteiger partial charge in [0, 0.05) is 14.1 Å². The Morgan fingerprint density at radius 1 is 1.20 bits per heavy atom. The second kappa shape index (κ2) is 4.59. The predicted octanol–water partition coefficient (Wildman–Crippen LogP) is -0.0903. The number of aliphatic hydroxyl groups excluding tert-OH is 1. The lowest BCUT2D eigenvalue weighted by Crippen LogP contribution is -2.38. The van der Waals surface area contributed by atoms with Gasteiger partial charge in [-0.05, 0) is 12.8 Å². The summed E-state index contributed by atoms with van der Waals surface area (Å²) in [5.41, 5.74) is 0.00624. The van der Waals surface area contributed by atoms with Crippen molar-refractivity contribution in [3.63, 3.8) is 0 Å². The Labute approximate surface area is 115 Å². The minimum atomic E-state index is -0.469. The van der Waals surface area contributed by atoms with Crippen molar-refractivity contribution in [2.24, 2.45) is 14.1 Å². The van der Waals surface area contributed by atoms with Gasteiger partial charge in [-0.3, -0.25) is 13.9 Å². The Bertz CT molecular complexity index is 770. The third-order valence-electron chi connectivity index (χ3n) is 4.22. The molecule has 2 aromatic rings. The smallest absolute Gasteiger partial charge is 0.332 e. The number of hydrogen-bond donors (Lipinski definition) is 1. The summed E-state index contributed by atoms with van der Waals surface area (Å²) in [6.07, 6.45) is 4.66. The van der Waals surface area contributed by atoms with E-state index in [0.717, 1.165) is 30.3 Å². The van der Waals surface area contributed by atoms with Crippen molar-refractivity contribution in [2.45, 2.75) is 37.8 Å². The molecule has 0 bridgehead atoms. The lowest BCUT2D eigenvalue weighted by Gasteiger charge is -2.28. The van der Waals surface area contributed by atoms with Crippen LogP contribution in [0.25, 0.3) is 11.2 Å². The van der Waals surface area contributed by atoms with Crippen molar-refractivity contribution >= 4 is 11.2 Å². The fraction of sp³-hybridized carbons (Fsp3) is 0.615. The summed E-state index contributed by atoms with van der Waals surface area (Å²) in [5, 5.41) is 10.2. The lowest BCUT2D eigenvalue weighted by molar-refractivity contribution is 0.0772. The van der Waals surface area contributed by atoms with Crippen LogP contribution in [0.2, 0.25) is 0 Å². The van der Waals surface area contributed by atoms with Crippen molar-refractivity contribution in [1.29, 1.82) is 0 Å². The molecular formula is C13H18N4O3. The number of fused-ring (bicyclic) bond motifs is 1. The van der Waals surface area contributed by atoms with E-state index in [2.05, 4.69) is 4.98 Å². The van der Waals surface area contributed by atoms with Crippen LogP contribution in [-0.4, -0.2) is 29.9 Å². The second-order valence-corrected chi connectivity index (χ2v) is 5.45. The molecule has 7 nitrogen and oxygen atoms in total. The molecule has 0 saturated heterocycles. The van der Waals surface area contributed by atoms with Crippen LogP contribution in [0, 0.1) is 0 Å². The molecule has 1 fully saturated rings. The molecule has 20 heavy (non-hydrogen) atoms. The van der Waals surface area contributed by atoms with Crippen LogP contribution in [0.1, 0.15) is 31.7 Å². The Morgan fingerprint density at radius 3 is 2.60 bits per heavy atom. The average Bonchev–Trinajstić information content (AvgIpc) is 2.88. The molecule has 108 valence electrons. The summed E-state index contributed by atoms with van der Waals surface area (Å²) in [7, 11) is 3.05. The van der Waals surface area contributed by atoms with E-state index in [1.807, 2.05) is 0 Å². The predicted molar refractivity (Wildman–Crippen MR) is 73.7 cm³/mol. The number of imidazole rings is 1. The molecule has 7 heteroatoms. The molecule has 1 N–H and O–H groups in total. The highest BCUT2D eigenvalue weighted by molar-refractivity contribution is 5.70. The fourth-order valence-corrected chi connectivity index (χ4v) is 3.03. The molecule has 0 radical (unpaired) electrons. The number of aliphatic hydroxyl groups is 1. The molecule has 2 unspecified atom stereocenters. The zero-order valence-electron chi connectivity index (χ0n) is 11.6. The van der Waals surface area contributed by atoms with Crippen molar-refractivity contribution < 1.29 is 5.11 Å². The average molecular weight is 278 g/mol. The Balaban J connectivity index is 2.28. The Hall–Kier alpha value is -1.89. The van der Waals surface area contributed by atoms with Gasteiger partial charge in [-0.15, -0.1) is 0 Å². The number of rotatable bonds is 1. The van der Waals surface area contributed by atoms with E-state index < -0.39 is 11.8 Å². The number of aryl methyl sites for hydroxylation is 1. The fourth-order valence-electron chi connectivity index (χ4n) is 3.03. The first-order valence-electron chi connectivity index (χ1n) is 6.83. The van der Waals surface area contributed by atoms with E-state index in [-0.39, 0.29) is 11.6 Å². The largest absolute Gasteiger partial charge is 0.391 e. The van der Waals surface area contributed by atoms with Crippen molar-refractivity contribution in [3.8, 4) is 0 Å². The summed E-state index contributed by atoms with van der Waals surface area (Å²) >= 11 is 0. The Morgan fingerprint density at radius 2 is 1.90 bits per heavy atom. The van der Waals surface area contributed by atoms with Crippen LogP contribution in [0.15, 0.2) is 15.9 Å². The molecule has 0 spiro atoms. The van der Waals surface area contributed by atoms with Gasteiger partial charge in [0.1, 0.15) is 0 Å². The Kier molecular flexibility index (Phi) is 3.01. The van der Waals surface area contributed by atoms with Crippen LogP contribution in [0.3, 0.4) is 0 Å². The van der Waals surface area contributed by atoms with Gasteiger partial charge in [0.2, 0.25) is 0 Å². The molecule has 3 rings (SSSR count). The monoisotopic (exact) mass is 278 g/mol. The van der Waals surface area contributed by atoms with Gasteiger partial charge in [0.15, 0.2) is 11.2 Å². The van der Waals surface area contributed by atoms with Gasteiger partial charge in [0.05, 0.1) is 18.5 Å². The van der Waals surface area contributed by atoms with Crippen LogP contribution in [0.5, 0.6) is 0 Å². The first kappa shape index (κ1) is 13.1. The highest BCUT2D eigenvalue weighted by Crippen LogP contribution is 2.30. The summed E-state index contributed by atoms with van der Waals surface area (Å²) in [5.74, 6) is 0. The van der Waals surface area contributed by atoms with Crippen molar-refractivity contribution in [2.75, 3.05) is 0 Å². The minimum Gasteiger partial charge on any atom is -0.391 e. The molecule has 2 atom stereocenters. The summed E-state index contributed by atoms with van der Waals surface area (Å²) in [6, 6.07) is -0.140. The maximum Gasteiger partial charge on any atom is 0.332 e. The normalized spacial score (nSPS) is 23.4. The van der Waals surface area contributed by atoms with Crippen LogP contribution in [-0.2, 0) is 14.1 Å². The highest BCUT2D eigenvalue weighted by Gasteiger charge is 2.27. The summed E-state index contributed by atoms with van der Waals surface area (Å²) < 4.78 is 4.18. The molecule has 0 aromatic carbocycles. The standard InChI is InChI=1S/C13H18N4O3/c1-15-11-10(12(19)16(2)13(15)20)17(7-14-11)8-5-3-4-6-9(8)18/h7-9,18H,3-6H2,1-2H3. The van der Waals surface area contributed by atoms with E-state index in [1.165, 1.54) is 11.6 Å². The molecular weight excluding hydrogens is 260 g/mol. The van der Waals surface area contributed by atoms with E-state index in [0.29, 0.717) is 11.2 Å².